The van der Waals surface area contributed by atoms with Crippen LogP contribution >= 0.6 is 0 Å². The molecule has 1 atom stereocenters. The Bertz CT molecular complexity index is 179. The summed E-state index contributed by atoms with van der Waals surface area (Å²) < 4.78 is 5.10. The number of ether oxygens (including phenoxy) is 1. The van der Waals surface area contributed by atoms with E-state index in [2.05, 4.69) is 0 Å². The molecule has 0 bridgehead atoms. The molecule has 0 aliphatic carbocycles. The fourth-order valence-electron chi connectivity index (χ4n) is 0.915. The molecule has 0 aromatic heterocycles. The van der Waals surface area contributed by atoms with Gasteiger partial charge >= 0.3 is 5.97 Å². The van der Waals surface area contributed by atoms with Gasteiger partial charge in [-0.1, -0.05) is 6.92 Å². The van der Waals surface area contributed by atoms with E-state index in [9.17, 15) is 9.59 Å². The van der Waals surface area contributed by atoms with E-state index >= 15 is 0 Å². The number of hydrogen-bond donors (Lipinski definition) is 0. The molecule has 0 aromatic carbocycles. The summed E-state index contributed by atoms with van der Waals surface area (Å²) in [5.41, 5.74) is -0.433. The zero-order chi connectivity index (χ0) is 10.5. The smallest absolute Gasteiger partial charge is 0.306 e. The maximum atomic E-state index is 11.2. The molecule has 0 spiro atoms. The van der Waals surface area contributed by atoms with Crippen molar-refractivity contribution in [1.29, 1.82) is 0 Å². The maximum Gasteiger partial charge on any atom is 0.306 e. The van der Waals surface area contributed by atoms with E-state index in [1.165, 1.54) is 0 Å². The van der Waals surface area contributed by atoms with Crippen LogP contribution in [0, 0.1) is 5.92 Å². The minimum Gasteiger partial charge on any atom is -0.460 e. The van der Waals surface area contributed by atoms with Crippen molar-refractivity contribution in [2.45, 2.75) is 46.1 Å². The first-order valence-corrected chi connectivity index (χ1v) is 4.50. The monoisotopic (exact) mass is 186 g/mol. The number of aldehydes is 1. The Morgan fingerprint density at radius 1 is 1.46 bits per heavy atom. The minimum atomic E-state index is -0.433. The fraction of sp³-hybridized carbons (Fsp3) is 0.800. The maximum absolute atomic E-state index is 11.2. The Morgan fingerprint density at radius 2 is 2.00 bits per heavy atom. The van der Waals surface area contributed by atoms with E-state index in [1.54, 1.807) is 0 Å². The van der Waals surface area contributed by atoms with Gasteiger partial charge in [-0.2, -0.15) is 0 Å². The van der Waals surface area contributed by atoms with Gasteiger partial charge in [0.1, 0.15) is 11.9 Å². The van der Waals surface area contributed by atoms with Crippen LogP contribution in [0.2, 0.25) is 0 Å². The third-order valence-electron chi connectivity index (χ3n) is 1.43. The van der Waals surface area contributed by atoms with Gasteiger partial charge in [0.05, 0.1) is 0 Å². The van der Waals surface area contributed by atoms with E-state index in [-0.39, 0.29) is 11.9 Å². The number of carbonyl (C=O) groups excluding carboxylic acids is 2. The number of carbonyl (C=O) groups is 2. The second-order valence-corrected chi connectivity index (χ2v) is 4.30. The summed E-state index contributed by atoms with van der Waals surface area (Å²) in [6, 6.07) is 0. The molecule has 0 aliphatic heterocycles. The normalized spacial score (nSPS) is 13.5. The summed E-state index contributed by atoms with van der Waals surface area (Å²) in [7, 11) is 0. The fourth-order valence-corrected chi connectivity index (χ4v) is 0.915. The van der Waals surface area contributed by atoms with E-state index in [1.807, 2.05) is 27.7 Å². The molecule has 13 heavy (non-hydrogen) atoms. The van der Waals surface area contributed by atoms with Crippen molar-refractivity contribution >= 4 is 12.3 Å². The molecule has 76 valence electrons. The first-order valence-electron chi connectivity index (χ1n) is 4.50. The predicted molar refractivity (Wildman–Crippen MR) is 50.3 cm³/mol. The minimum absolute atomic E-state index is 0.0762. The molecule has 0 rings (SSSR count). The highest BCUT2D eigenvalue weighted by molar-refractivity contribution is 5.70. The average Bonchev–Trinajstić information content (AvgIpc) is 1.81. The molecule has 3 nitrogen and oxygen atoms in total. The molecule has 0 heterocycles. The largest absolute Gasteiger partial charge is 0.460 e. The number of rotatable bonds is 4. The summed E-state index contributed by atoms with van der Waals surface area (Å²) in [6.45, 7) is 7.35. The molecule has 0 unspecified atom stereocenters. The lowest BCUT2D eigenvalue weighted by Crippen LogP contribution is -2.24. The second-order valence-electron chi connectivity index (χ2n) is 4.30. The van der Waals surface area contributed by atoms with Crippen LogP contribution in [0.5, 0.6) is 0 Å². The molecule has 0 N–H and O–H groups in total. The van der Waals surface area contributed by atoms with Gasteiger partial charge in [0.25, 0.3) is 0 Å². The molecular formula is C10H18O3. The topological polar surface area (TPSA) is 43.4 Å². The van der Waals surface area contributed by atoms with Crippen LogP contribution in [0.1, 0.15) is 40.5 Å². The predicted octanol–water partition coefficient (Wildman–Crippen LogP) is 1.94. The van der Waals surface area contributed by atoms with E-state index in [0.717, 1.165) is 6.29 Å². The Labute approximate surface area is 79.5 Å². The number of hydrogen-bond acceptors (Lipinski definition) is 3. The van der Waals surface area contributed by atoms with Crippen LogP contribution in [0.3, 0.4) is 0 Å². The van der Waals surface area contributed by atoms with Crippen LogP contribution in [0.4, 0.5) is 0 Å². The van der Waals surface area contributed by atoms with Crippen LogP contribution in [0.25, 0.3) is 0 Å². The highest BCUT2D eigenvalue weighted by atomic mass is 16.6. The van der Waals surface area contributed by atoms with Gasteiger partial charge in [0, 0.05) is 12.8 Å². The highest BCUT2D eigenvalue weighted by Crippen LogP contribution is 2.12. The summed E-state index contributed by atoms with van der Waals surface area (Å²) >= 11 is 0. The lowest BCUT2D eigenvalue weighted by Gasteiger charge is -2.20. The van der Waals surface area contributed by atoms with E-state index in [0.29, 0.717) is 12.8 Å². The molecule has 0 fully saturated rings. The van der Waals surface area contributed by atoms with Gasteiger partial charge in [-0.15, -0.1) is 0 Å². The SMILES string of the molecule is C[C@H](CC=O)CC(=O)OC(C)(C)C. The van der Waals surface area contributed by atoms with Crippen molar-refractivity contribution in [2.75, 3.05) is 0 Å². The Balaban J connectivity index is 3.81. The van der Waals surface area contributed by atoms with Crippen LogP contribution in [0.15, 0.2) is 0 Å². The summed E-state index contributed by atoms with van der Waals surface area (Å²) in [6.07, 6.45) is 1.56. The zero-order valence-corrected chi connectivity index (χ0v) is 8.79. The average molecular weight is 186 g/mol. The van der Waals surface area contributed by atoms with Gasteiger partial charge in [0.15, 0.2) is 0 Å². The highest BCUT2D eigenvalue weighted by Gasteiger charge is 2.17. The van der Waals surface area contributed by atoms with Gasteiger partial charge in [0.2, 0.25) is 0 Å². The Morgan fingerprint density at radius 3 is 2.38 bits per heavy atom. The third kappa shape index (κ3) is 7.50. The van der Waals surface area contributed by atoms with Crippen molar-refractivity contribution < 1.29 is 14.3 Å². The molecule has 0 saturated carbocycles. The van der Waals surface area contributed by atoms with Crippen LogP contribution in [-0.4, -0.2) is 17.9 Å². The van der Waals surface area contributed by atoms with Crippen molar-refractivity contribution in [3.05, 3.63) is 0 Å². The Hall–Kier alpha value is -0.860. The quantitative estimate of drug-likeness (QED) is 0.498. The van der Waals surface area contributed by atoms with Crippen LogP contribution in [-0.2, 0) is 14.3 Å². The van der Waals surface area contributed by atoms with E-state index in [4.69, 9.17) is 4.74 Å². The number of esters is 1. The lowest BCUT2D eigenvalue weighted by atomic mass is 10.1. The molecule has 3 heteroatoms. The standard InChI is InChI=1S/C10H18O3/c1-8(5-6-11)7-9(12)13-10(2,3)4/h6,8H,5,7H2,1-4H3/t8-/m1/s1. The van der Waals surface area contributed by atoms with Gasteiger partial charge < -0.3 is 9.53 Å². The molecule has 0 amide bonds. The van der Waals surface area contributed by atoms with Crippen LogP contribution < -0.4 is 0 Å². The van der Waals surface area contributed by atoms with Gasteiger partial charge in [-0.3, -0.25) is 4.79 Å². The molecule has 0 saturated heterocycles. The second kappa shape index (κ2) is 5.00. The first-order chi connectivity index (χ1) is 5.85. The third-order valence-corrected chi connectivity index (χ3v) is 1.43. The summed E-state index contributed by atoms with van der Waals surface area (Å²) in [5, 5.41) is 0. The van der Waals surface area contributed by atoms with Gasteiger partial charge in [-0.25, -0.2) is 0 Å². The van der Waals surface area contributed by atoms with Gasteiger partial charge in [-0.05, 0) is 26.7 Å². The van der Waals surface area contributed by atoms with Crippen molar-refractivity contribution in [2.24, 2.45) is 5.92 Å². The van der Waals surface area contributed by atoms with Crippen molar-refractivity contribution in [3.63, 3.8) is 0 Å². The summed E-state index contributed by atoms with van der Waals surface area (Å²) in [4.78, 5) is 21.3. The molecule has 0 radical (unpaired) electrons. The van der Waals surface area contributed by atoms with Crippen molar-refractivity contribution in [1.82, 2.24) is 0 Å². The van der Waals surface area contributed by atoms with Crippen molar-refractivity contribution in [3.8, 4) is 0 Å². The lowest BCUT2D eigenvalue weighted by molar-refractivity contribution is -0.155. The molecule has 0 aromatic rings. The first kappa shape index (κ1) is 12.1. The molecular weight excluding hydrogens is 168 g/mol. The summed E-state index contributed by atoms with van der Waals surface area (Å²) in [5.74, 6) is -0.158. The zero-order valence-electron chi connectivity index (χ0n) is 8.79. The van der Waals surface area contributed by atoms with E-state index < -0.39 is 5.60 Å². The Kier molecular flexibility index (Phi) is 4.67. The molecule has 0 aliphatic rings.